The quantitative estimate of drug-likeness (QED) is 0.874. The summed E-state index contributed by atoms with van der Waals surface area (Å²) in [6.07, 6.45) is 0. The number of carbonyl (C=O) groups excluding carboxylic acids is 1. The van der Waals surface area contributed by atoms with Crippen LogP contribution in [-0.4, -0.2) is 55.5 Å². The average molecular weight is 320 g/mol. The Bertz CT molecular complexity index is 507. The fourth-order valence-electron chi connectivity index (χ4n) is 1.74. The number of hydrogen-bond donors (Lipinski definition) is 1. The summed E-state index contributed by atoms with van der Waals surface area (Å²) in [5.74, 6) is 1.44. The molecule has 1 aromatic heterocycles. The van der Waals surface area contributed by atoms with Gasteiger partial charge in [0.25, 0.3) is 5.91 Å². The van der Waals surface area contributed by atoms with Crippen LogP contribution < -0.4 is 5.32 Å². The van der Waals surface area contributed by atoms with Crippen molar-refractivity contribution in [1.29, 1.82) is 0 Å². The van der Waals surface area contributed by atoms with Gasteiger partial charge in [-0.1, -0.05) is 0 Å². The maximum Gasteiger partial charge on any atom is 0.252 e. The summed E-state index contributed by atoms with van der Waals surface area (Å²) in [5, 5.41) is 6.20. The van der Waals surface area contributed by atoms with E-state index in [1.807, 2.05) is 5.38 Å². The van der Waals surface area contributed by atoms with Crippen molar-refractivity contribution in [2.45, 2.75) is 0 Å². The van der Waals surface area contributed by atoms with Crippen LogP contribution in [0.2, 0.25) is 0 Å². The van der Waals surface area contributed by atoms with Crippen LogP contribution in [0.3, 0.4) is 0 Å². The van der Waals surface area contributed by atoms with E-state index in [9.17, 15) is 13.2 Å². The van der Waals surface area contributed by atoms with Crippen LogP contribution in [0.4, 0.5) is 0 Å². The van der Waals surface area contributed by atoms with Gasteiger partial charge in [0.2, 0.25) is 10.0 Å². The molecule has 0 saturated carbocycles. The Morgan fingerprint density at radius 1 is 1.37 bits per heavy atom. The standard InChI is InChI=1S/C11H16N2O3S3/c14-11(10-1-5-18-9-10)12-2-8-19(15,16)13-3-6-17-7-4-13/h1,5,9H,2-4,6-8H2,(H,12,14). The van der Waals surface area contributed by atoms with Gasteiger partial charge in [0.05, 0.1) is 5.75 Å². The number of hydrogen-bond acceptors (Lipinski definition) is 5. The zero-order valence-corrected chi connectivity index (χ0v) is 12.8. The predicted octanol–water partition coefficient (Wildman–Crippen LogP) is 0.857. The summed E-state index contributed by atoms with van der Waals surface area (Å²) in [7, 11) is -3.24. The van der Waals surface area contributed by atoms with Crippen molar-refractivity contribution in [1.82, 2.24) is 9.62 Å². The molecule has 8 heteroatoms. The van der Waals surface area contributed by atoms with E-state index in [2.05, 4.69) is 5.32 Å². The van der Waals surface area contributed by atoms with Crippen LogP contribution in [0.15, 0.2) is 16.8 Å². The number of nitrogens with zero attached hydrogens (tertiary/aromatic N) is 1. The number of thioether (sulfide) groups is 1. The number of rotatable bonds is 5. The Kier molecular flexibility index (Phi) is 5.26. The molecule has 1 aliphatic heterocycles. The monoisotopic (exact) mass is 320 g/mol. The third kappa shape index (κ3) is 4.20. The van der Waals surface area contributed by atoms with Crippen molar-refractivity contribution < 1.29 is 13.2 Å². The third-order valence-corrected chi connectivity index (χ3v) is 6.29. The van der Waals surface area contributed by atoms with Crippen LogP contribution in [-0.2, 0) is 10.0 Å². The molecule has 1 saturated heterocycles. The highest BCUT2D eigenvalue weighted by Crippen LogP contribution is 2.13. The van der Waals surface area contributed by atoms with Crippen molar-refractivity contribution in [3.05, 3.63) is 22.4 Å². The van der Waals surface area contributed by atoms with Gasteiger partial charge in [0, 0.05) is 42.1 Å². The molecule has 5 nitrogen and oxygen atoms in total. The van der Waals surface area contributed by atoms with E-state index < -0.39 is 10.0 Å². The molecule has 1 amide bonds. The van der Waals surface area contributed by atoms with Crippen LogP contribution in [0.1, 0.15) is 10.4 Å². The molecule has 0 unspecified atom stereocenters. The van der Waals surface area contributed by atoms with Crippen molar-refractivity contribution in [3.8, 4) is 0 Å². The van der Waals surface area contributed by atoms with Crippen molar-refractivity contribution >= 4 is 39.0 Å². The molecule has 0 bridgehead atoms. The molecule has 0 aliphatic carbocycles. The summed E-state index contributed by atoms with van der Waals surface area (Å²) in [5.41, 5.74) is 0.580. The lowest BCUT2D eigenvalue weighted by Crippen LogP contribution is -2.41. The Hall–Kier alpha value is -0.570. The van der Waals surface area contributed by atoms with E-state index in [1.165, 1.54) is 15.6 Å². The first-order valence-electron chi connectivity index (χ1n) is 5.95. The predicted molar refractivity (Wildman–Crippen MR) is 79.3 cm³/mol. The summed E-state index contributed by atoms with van der Waals surface area (Å²) < 4.78 is 25.6. The van der Waals surface area contributed by atoms with Crippen molar-refractivity contribution in [2.24, 2.45) is 0 Å². The lowest BCUT2D eigenvalue weighted by atomic mass is 10.3. The van der Waals surface area contributed by atoms with E-state index in [4.69, 9.17) is 0 Å². The summed E-state index contributed by atoms with van der Waals surface area (Å²) in [6, 6.07) is 1.72. The van der Waals surface area contributed by atoms with Gasteiger partial charge in [-0.25, -0.2) is 12.7 Å². The number of thiophene rings is 1. The Morgan fingerprint density at radius 2 is 2.11 bits per heavy atom. The van der Waals surface area contributed by atoms with Gasteiger partial charge < -0.3 is 5.32 Å². The minimum atomic E-state index is -3.24. The molecule has 0 radical (unpaired) electrons. The molecular weight excluding hydrogens is 304 g/mol. The molecule has 2 heterocycles. The van der Waals surface area contributed by atoms with Gasteiger partial charge in [-0.2, -0.15) is 23.1 Å². The fraction of sp³-hybridized carbons (Fsp3) is 0.545. The fourth-order valence-corrected chi connectivity index (χ4v) is 4.87. The van der Waals surface area contributed by atoms with E-state index in [-0.39, 0.29) is 18.2 Å². The zero-order chi connectivity index (χ0) is 13.7. The number of amides is 1. The van der Waals surface area contributed by atoms with Gasteiger partial charge in [0.15, 0.2) is 0 Å². The van der Waals surface area contributed by atoms with E-state index >= 15 is 0 Å². The van der Waals surface area contributed by atoms with E-state index in [0.29, 0.717) is 18.7 Å². The van der Waals surface area contributed by atoms with Gasteiger partial charge in [-0.3, -0.25) is 4.79 Å². The SMILES string of the molecule is O=C(NCCS(=O)(=O)N1CCSCC1)c1ccsc1. The van der Waals surface area contributed by atoms with Crippen LogP contribution in [0.25, 0.3) is 0 Å². The Labute approximate surface area is 121 Å². The topological polar surface area (TPSA) is 66.5 Å². The summed E-state index contributed by atoms with van der Waals surface area (Å²) in [6.45, 7) is 1.30. The van der Waals surface area contributed by atoms with Gasteiger partial charge in [0.1, 0.15) is 0 Å². The number of nitrogens with one attached hydrogen (secondary N) is 1. The van der Waals surface area contributed by atoms with Gasteiger partial charge in [-0.05, 0) is 11.4 Å². The molecule has 1 fully saturated rings. The highest BCUT2D eigenvalue weighted by atomic mass is 32.2. The molecule has 0 spiro atoms. The van der Waals surface area contributed by atoms with Crippen LogP contribution >= 0.6 is 23.1 Å². The lowest BCUT2D eigenvalue weighted by Gasteiger charge is -2.25. The maximum absolute atomic E-state index is 12.0. The third-order valence-electron chi connectivity index (χ3n) is 2.79. The van der Waals surface area contributed by atoms with Crippen LogP contribution in [0, 0.1) is 0 Å². The molecular formula is C11H16N2O3S3. The first kappa shape index (κ1) is 14.8. The van der Waals surface area contributed by atoms with Crippen molar-refractivity contribution in [2.75, 3.05) is 36.9 Å². The summed E-state index contributed by atoms with van der Waals surface area (Å²) in [4.78, 5) is 11.7. The highest BCUT2D eigenvalue weighted by molar-refractivity contribution is 7.99. The molecule has 106 valence electrons. The minimum absolute atomic E-state index is 0.0342. The molecule has 1 N–H and O–H groups in total. The Morgan fingerprint density at radius 3 is 2.74 bits per heavy atom. The Balaban J connectivity index is 1.80. The first-order chi connectivity index (χ1) is 9.09. The average Bonchev–Trinajstić information content (AvgIpc) is 2.93. The van der Waals surface area contributed by atoms with Crippen molar-refractivity contribution in [3.63, 3.8) is 0 Å². The molecule has 1 aromatic rings. The minimum Gasteiger partial charge on any atom is -0.351 e. The van der Waals surface area contributed by atoms with Crippen LogP contribution in [0.5, 0.6) is 0 Å². The van der Waals surface area contributed by atoms with Gasteiger partial charge in [-0.15, -0.1) is 0 Å². The van der Waals surface area contributed by atoms with E-state index in [1.54, 1.807) is 23.2 Å². The molecule has 19 heavy (non-hydrogen) atoms. The number of carbonyl (C=O) groups is 1. The molecule has 1 aliphatic rings. The second-order valence-electron chi connectivity index (χ2n) is 4.10. The molecule has 2 rings (SSSR count). The highest BCUT2D eigenvalue weighted by Gasteiger charge is 2.23. The molecule has 0 atom stereocenters. The summed E-state index contributed by atoms with van der Waals surface area (Å²) >= 11 is 3.21. The molecule has 0 aromatic carbocycles. The number of sulfonamides is 1. The largest absolute Gasteiger partial charge is 0.351 e. The second-order valence-corrected chi connectivity index (χ2v) is 8.19. The first-order valence-corrected chi connectivity index (χ1v) is 9.66. The smallest absolute Gasteiger partial charge is 0.252 e. The van der Waals surface area contributed by atoms with Gasteiger partial charge >= 0.3 is 0 Å². The second kappa shape index (κ2) is 6.74. The zero-order valence-electron chi connectivity index (χ0n) is 10.4. The normalized spacial score (nSPS) is 17.3. The van der Waals surface area contributed by atoms with E-state index in [0.717, 1.165) is 11.5 Å². The maximum atomic E-state index is 12.0. The lowest BCUT2D eigenvalue weighted by molar-refractivity contribution is 0.0956.